The van der Waals surface area contributed by atoms with Gasteiger partial charge in [-0.2, -0.15) is 0 Å². The summed E-state index contributed by atoms with van der Waals surface area (Å²) < 4.78 is 5.02. The van der Waals surface area contributed by atoms with E-state index >= 15 is 0 Å². The van der Waals surface area contributed by atoms with Gasteiger partial charge in [-0.15, -0.1) is 0 Å². The Morgan fingerprint density at radius 3 is 2.44 bits per heavy atom. The van der Waals surface area contributed by atoms with E-state index in [-0.39, 0.29) is 12.3 Å². The number of carbonyl (C=O) groups is 2. The first-order chi connectivity index (χ1) is 12.9. The number of imide groups is 1. The molecule has 1 saturated heterocycles. The Hall–Kier alpha value is -2.78. The number of benzene rings is 2. The van der Waals surface area contributed by atoms with Crippen molar-refractivity contribution in [3.8, 4) is 0 Å². The van der Waals surface area contributed by atoms with Gasteiger partial charge in [0, 0.05) is 12.1 Å². The van der Waals surface area contributed by atoms with Crippen molar-refractivity contribution in [2.75, 3.05) is 6.61 Å². The summed E-state index contributed by atoms with van der Waals surface area (Å²) in [6.45, 7) is 0.0297. The number of aliphatic hydroxyl groups is 1. The number of nitro benzene ring substituents is 1. The van der Waals surface area contributed by atoms with Crippen LogP contribution in [0.3, 0.4) is 0 Å². The standard InChI is InChI=1S/C18H15BrN2O6/c19-15(16(22)12-6-8-13(9-7-12)21(25)26)17(23)20-14(10-27-18(20)24)11-4-2-1-3-5-11/h1-9,14-16,22H,10H2/t14-,15+,16+/m1/s1. The molecule has 2 aromatic carbocycles. The number of amides is 2. The van der Waals surface area contributed by atoms with Crippen molar-refractivity contribution >= 4 is 33.6 Å². The smallest absolute Gasteiger partial charge is 0.417 e. The van der Waals surface area contributed by atoms with E-state index in [0.717, 1.165) is 10.5 Å². The highest BCUT2D eigenvalue weighted by Gasteiger charge is 2.43. The maximum atomic E-state index is 12.8. The molecule has 8 nitrogen and oxygen atoms in total. The minimum absolute atomic E-state index is 0.0297. The molecule has 1 aliphatic heterocycles. The Bertz CT molecular complexity index is 858. The van der Waals surface area contributed by atoms with Crippen LogP contribution in [-0.2, 0) is 9.53 Å². The molecule has 0 spiro atoms. The molecular weight excluding hydrogens is 420 g/mol. The second kappa shape index (κ2) is 7.85. The number of rotatable bonds is 5. The number of ether oxygens (including phenoxy) is 1. The molecule has 2 aromatic rings. The van der Waals surface area contributed by atoms with Crippen molar-refractivity contribution < 1.29 is 24.4 Å². The Kier molecular flexibility index (Phi) is 5.52. The predicted octanol–water partition coefficient (Wildman–Crippen LogP) is 3.11. The largest absolute Gasteiger partial charge is 0.446 e. The normalized spacial score (nSPS) is 18.7. The minimum atomic E-state index is -1.30. The van der Waals surface area contributed by atoms with E-state index in [1.165, 1.54) is 24.3 Å². The van der Waals surface area contributed by atoms with Gasteiger partial charge < -0.3 is 9.84 Å². The van der Waals surface area contributed by atoms with Crippen LogP contribution >= 0.6 is 15.9 Å². The van der Waals surface area contributed by atoms with Crippen LogP contribution in [0.1, 0.15) is 23.3 Å². The van der Waals surface area contributed by atoms with Crippen LogP contribution in [0, 0.1) is 10.1 Å². The van der Waals surface area contributed by atoms with Gasteiger partial charge in [-0.3, -0.25) is 14.9 Å². The molecule has 1 fully saturated rings. The summed E-state index contributed by atoms with van der Waals surface area (Å²) in [5.74, 6) is -0.655. The Labute approximate surface area is 162 Å². The lowest BCUT2D eigenvalue weighted by molar-refractivity contribution is -0.384. The topological polar surface area (TPSA) is 110 Å². The van der Waals surface area contributed by atoms with E-state index < -0.39 is 33.9 Å². The summed E-state index contributed by atoms with van der Waals surface area (Å²) in [5.41, 5.74) is 0.913. The molecule has 0 aromatic heterocycles. The molecule has 1 heterocycles. The molecule has 3 atom stereocenters. The molecule has 0 bridgehead atoms. The van der Waals surface area contributed by atoms with Gasteiger partial charge in [0.15, 0.2) is 0 Å². The van der Waals surface area contributed by atoms with Crippen LogP contribution in [0.4, 0.5) is 10.5 Å². The minimum Gasteiger partial charge on any atom is -0.446 e. The quantitative estimate of drug-likeness (QED) is 0.439. The summed E-state index contributed by atoms with van der Waals surface area (Å²) in [7, 11) is 0. The van der Waals surface area contributed by atoms with E-state index in [4.69, 9.17) is 4.74 Å². The maximum Gasteiger partial charge on any atom is 0.417 e. The highest BCUT2D eigenvalue weighted by atomic mass is 79.9. The fraction of sp³-hybridized carbons (Fsp3) is 0.222. The molecule has 1 aliphatic rings. The molecule has 2 amide bonds. The van der Waals surface area contributed by atoms with Crippen molar-refractivity contribution in [3.63, 3.8) is 0 Å². The fourth-order valence-corrected chi connectivity index (χ4v) is 3.34. The van der Waals surface area contributed by atoms with Gasteiger partial charge in [0.05, 0.1) is 4.92 Å². The van der Waals surface area contributed by atoms with Crippen molar-refractivity contribution in [3.05, 3.63) is 75.8 Å². The van der Waals surface area contributed by atoms with Crippen LogP contribution < -0.4 is 0 Å². The molecule has 9 heteroatoms. The average molecular weight is 435 g/mol. The van der Waals surface area contributed by atoms with Gasteiger partial charge >= 0.3 is 6.09 Å². The van der Waals surface area contributed by atoms with Gasteiger partial charge in [0.2, 0.25) is 5.91 Å². The zero-order valence-electron chi connectivity index (χ0n) is 13.9. The summed E-state index contributed by atoms with van der Waals surface area (Å²) in [4.78, 5) is 34.9. The highest BCUT2D eigenvalue weighted by Crippen LogP contribution is 2.32. The molecule has 0 saturated carbocycles. The third-order valence-electron chi connectivity index (χ3n) is 4.25. The number of non-ortho nitro benzene ring substituents is 1. The summed E-state index contributed by atoms with van der Waals surface area (Å²) in [6.07, 6.45) is -2.09. The summed E-state index contributed by atoms with van der Waals surface area (Å²) in [6, 6.07) is 13.6. The molecule has 0 radical (unpaired) electrons. The monoisotopic (exact) mass is 434 g/mol. The van der Waals surface area contributed by atoms with Crippen LogP contribution in [0.5, 0.6) is 0 Å². The van der Waals surface area contributed by atoms with Crippen LogP contribution in [0.25, 0.3) is 0 Å². The highest BCUT2D eigenvalue weighted by molar-refractivity contribution is 9.10. The first kappa shape index (κ1) is 19.0. The Balaban J connectivity index is 1.80. The van der Waals surface area contributed by atoms with Gasteiger partial charge in [-0.1, -0.05) is 46.3 Å². The van der Waals surface area contributed by atoms with E-state index in [2.05, 4.69) is 15.9 Å². The molecular formula is C18H15BrN2O6. The lowest BCUT2D eigenvalue weighted by atomic mass is 10.0. The number of nitro groups is 1. The third kappa shape index (κ3) is 3.83. The number of nitrogens with zero attached hydrogens (tertiary/aromatic N) is 2. The number of cyclic esters (lactones) is 1. The molecule has 1 N–H and O–H groups in total. The Morgan fingerprint density at radius 1 is 1.22 bits per heavy atom. The summed E-state index contributed by atoms with van der Waals surface area (Å²) >= 11 is 3.15. The van der Waals surface area contributed by atoms with Crippen molar-refractivity contribution in [2.24, 2.45) is 0 Å². The van der Waals surface area contributed by atoms with Crippen LogP contribution in [0.15, 0.2) is 54.6 Å². The first-order valence-electron chi connectivity index (χ1n) is 8.01. The third-order valence-corrected chi connectivity index (χ3v) is 5.15. The maximum absolute atomic E-state index is 12.8. The zero-order valence-corrected chi connectivity index (χ0v) is 15.5. The van der Waals surface area contributed by atoms with Gasteiger partial charge in [-0.05, 0) is 23.3 Å². The number of hydrogen-bond acceptors (Lipinski definition) is 6. The number of alkyl halides is 1. The zero-order chi connectivity index (χ0) is 19.6. The number of carbonyl (C=O) groups excluding carboxylic acids is 2. The van der Waals surface area contributed by atoms with E-state index in [0.29, 0.717) is 5.56 Å². The molecule has 27 heavy (non-hydrogen) atoms. The van der Waals surface area contributed by atoms with Crippen molar-refractivity contribution in [2.45, 2.75) is 17.0 Å². The fourth-order valence-electron chi connectivity index (χ4n) is 2.82. The van der Waals surface area contributed by atoms with Gasteiger partial charge in [-0.25, -0.2) is 9.69 Å². The summed E-state index contributed by atoms with van der Waals surface area (Å²) in [5, 5.41) is 21.2. The van der Waals surface area contributed by atoms with Crippen molar-refractivity contribution in [1.82, 2.24) is 4.90 Å². The van der Waals surface area contributed by atoms with Crippen LogP contribution in [-0.4, -0.2) is 38.4 Å². The lowest BCUT2D eigenvalue weighted by Gasteiger charge is -2.25. The van der Waals surface area contributed by atoms with E-state index in [9.17, 15) is 24.8 Å². The Morgan fingerprint density at radius 2 is 1.85 bits per heavy atom. The van der Waals surface area contributed by atoms with Crippen molar-refractivity contribution in [1.29, 1.82) is 0 Å². The first-order valence-corrected chi connectivity index (χ1v) is 8.93. The average Bonchev–Trinajstić information content (AvgIpc) is 3.08. The van der Waals surface area contributed by atoms with Crippen LogP contribution in [0.2, 0.25) is 0 Å². The SMILES string of the molecule is O=C1OC[C@H](c2ccccc2)N1C(=O)[C@@H](Br)[C@@H](O)c1ccc([N+](=O)[O-])cc1. The number of aliphatic hydroxyl groups excluding tert-OH is 1. The molecule has 140 valence electrons. The molecule has 0 unspecified atom stereocenters. The lowest BCUT2D eigenvalue weighted by Crippen LogP contribution is -2.41. The van der Waals surface area contributed by atoms with Gasteiger partial charge in [0.25, 0.3) is 5.69 Å². The number of hydrogen-bond donors (Lipinski definition) is 1. The molecule has 3 rings (SSSR count). The predicted molar refractivity (Wildman–Crippen MR) is 98.1 cm³/mol. The van der Waals surface area contributed by atoms with E-state index in [1.807, 2.05) is 6.07 Å². The number of halogens is 1. The van der Waals surface area contributed by atoms with Gasteiger partial charge in [0.1, 0.15) is 23.6 Å². The second-order valence-electron chi connectivity index (χ2n) is 5.91. The molecule has 0 aliphatic carbocycles. The second-order valence-corrected chi connectivity index (χ2v) is 6.89. The van der Waals surface area contributed by atoms with E-state index in [1.54, 1.807) is 24.3 Å².